The van der Waals surface area contributed by atoms with Crippen molar-refractivity contribution in [2.45, 2.75) is 32.4 Å². The van der Waals surface area contributed by atoms with Crippen molar-refractivity contribution in [1.29, 1.82) is 0 Å². The maximum absolute atomic E-state index is 4.79. The molecular formula is C24H31N7. The monoisotopic (exact) mass is 417 g/mol. The van der Waals surface area contributed by atoms with E-state index < -0.39 is 0 Å². The fourth-order valence-electron chi connectivity index (χ4n) is 3.95. The van der Waals surface area contributed by atoms with Gasteiger partial charge in [-0.2, -0.15) is 0 Å². The molecule has 1 saturated heterocycles. The second kappa shape index (κ2) is 10.7. The quantitative estimate of drug-likeness (QED) is 0.435. The number of nitrogens with zero attached hydrogens (tertiary/aromatic N) is 5. The number of likely N-dealkylation sites (tertiary alicyclic amines) is 1. The molecule has 0 aliphatic carbocycles. The lowest BCUT2D eigenvalue weighted by atomic mass is 10.1. The molecule has 0 saturated carbocycles. The largest absolute Gasteiger partial charge is 0.357 e. The second-order valence-corrected chi connectivity index (χ2v) is 7.74. The van der Waals surface area contributed by atoms with Gasteiger partial charge >= 0.3 is 0 Å². The molecule has 0 amide bonds. The first-order chi connectivity index (χ1) is 15.3. The predicted molar refractivity (Wildman–Crippen MR) is 124 cm³/mol. The van der Waals surface area contributed by atoms with Crippen LogP contribution >= 0.6 is 0 Å². The Kier molecular flexibility index (Phi) is 7.28. The van der Waals surface area contributed by atoms with E-state index in [1.165, 1.54) is 18.4 Å². The summed E-state index contributed by atoms with van der Waals surface area (Å²) in [4.78, 5) is 15.9. The Hall–Kier alpha value is -3.19. The number of hydrogen-bond acceptors (Lipinski definition) is 4. The summed E-state index contributed by atoms with van der Waals surface area (Å²) < 4.78 is 1.89. The zero-order valence-corrected chi connectivity index (χ0v) is 18.1. The van der Waals surface area contributed by atoms with Crippen molar-refractivity contribution in [2.75, 3.05) is 26.2 Å². The lowest BCUT2D eigenvalue weighted by molar-refractivity contribution is 0.245. The Balaban J connectivity index is 1.41. The molecular weight excluding hydrogens is 386 g/mol. The van der Waals surface area contributed by atoms with Crippen LogP contribution in [0.25, 0.3) is 5.82 Å². The highest BCUT2D eigenvalue weighted by Crippen LogP contribution is 2.24. The minimum Gasteiger partial charge on any atom is -0.357 e. The maximum Gasteiger partial charge on any atom is 0.191 e. The van der Waals surface area contributed by atoms with Gasteiger partial charge in [-0.05, 0) is 50.0 Å². The first-order valence-electron chi connectivity index (χ1n) is 11.1. The molecule has 7 nitrogen and oxygen atoms in total. The SMILES string of the molecule is CCNC(=NCc1ccc(-n2ccnc2)nc1)NCC(c1ccccc1)N1CCCC1. The number of aliphatic imine (C=N–C) groups is 1. The minimum absolute atomic E-state index is 0.351. The molecule has 1 aliphatic rings. The second-order valence-electron chi connectivity index (χ2n) is 7.74. The third-order valence-corrected chi connectivity index (χ3v) is 5.57. The van der Waals surface area contributed by atoms with Gasteiger partial charge in [0.05, 0.1) is 12.6 Å². The van der Waals surface area contributed by atoms with E-state index in [9.17, 15) is 0 Å². The number of guanidine groups is 1. The van der Waals surface area contributed by atoms with E-state index in [2.05, 4.69) is 68.8 Å². The summed E-state index contributed by atoms with van der Waals surface area (Å²) in [5.74, 6) is 1.69. The lowest BCUT2D eigenvalue weighted by Gasteiger charge is -2.29. The van der Waals surface area contributed by atoms with Crippen molar-refractivity contribution in [3.05, 3.63) is 78.5 Å². The van der Waals surface area contributed by atoms with Crippen molar-refractivity contribution in [2.24, 2.45) is 4.99 Å². The summed E-state index contributed by atoms with van der Waals surface area (Å²) in [6.07, 6.45) is 9.81. The Labute approximate surface area is 184 Å². The molecule has 1 aliphatic heterocycles. The van der Waals surface area contributed by atoms with Crippen LogP contribution in [0, 0.1) is 0 Å². The standard InChI is InChI=1S/C24H31N7/c1-2-26-24(28-17-20-10-11-23(27-16-20)31-15-12-25-19-31)29-18-22(30-13-6-7-14-30)21-8-4-3-5-9-21/h3-5,8-12,15-16,19,22H,2,6-7,13-14,17-18H2,1H3,(H2,26,28,29). The maximum atomic E-state index is 4.79. The molecule has 31 heavy (non-hydrogen) atoms. The van der Waals surface area contributed by atoms with Crippen LogP contribution in [0.4, 0.5) is 0 Å². The molecule has 1 aromatic carbocycles. The summed E-state index contributed by atoms with van der Waals surface area (Å²) in [6, 6.07) is 15.2. The third kappa shape index (κ3) is 5.70. The normalized spacial score (nSPS) is 15.7. The fourth-order valence-corrected chi connectivity index (χ4v) is 3.95. The van der Waals surface area contributed by atoms with Gasteiger partial charge in [-0.25, -0.2) is 15.0 Å². The van der Waals surface area contributed by atoms with Crippen LogP contribution in [-0.2, 0) is 6.54 Å². The molecule has 2 aromatic heterocycles. The van der Waals surface area contributed by atoms with Crippen LogP contribution in [0.5, 0.6) is 0 Å². The summed E-state index contributed by atoms with van der Waals surface area (Å²) in [5, 5.41) is 6.94. The van der Waals surface area contributed by atoms with Crippen molar-refractivity contribution in [3.8, 4) is 5.82 Å². The van der Waals surface area contributed by atoms with Crippen molar-refractivity contribution >= 4 is 5.96 Å². The van der Waals surface area contributed by atoms with Crippen molar-refractivity contribution < 1.29 is 0 Å². The Morgan fingerprint density at radius 2 is 1.94 bits per heavy atom. The van der Waals surface area contributed by atoms with Gasteiger partial charge in [0.1, 0.15) is 12.1 Å². The van der Waals surface area contributed by atoms with Gasteiger partial charge in [-0.15, -0.1) is 0 Å². The number of hydrogen-bond donors (Lipinski definition) is 2. The summed E-state index contributed by atoms with van der Waals surface area (Å²) in [5.41, 5.74) is 2.42. The Bertz CT molecular complexity index is 930. The Morgan fingerprint density at radius 3 is 2.61 bits per heavy atom. The van der Waals surface area contributed by atoms with Gasteiger partial charge in [0.2, 0.25) is 0 Å². The number of benzene rings is 1. The van der Waals surface area contributed by atoms with E-state index in [1.807, 2.05) is 23.0 Å². The molecule has 2 N–H and O–H groups in total. The first kappa shape index (κ1) is 21.1. The van der Waals surface area contributed by atoms with E-state index in [0.717, 1.165) is 43.5 Å². The van der Waals surface area contributed by atoms with Crippen LogP contribution in [0.2, 0.25) is 0 Å². The highest BCUT2D eigenvalue weighted by atomic mass is 15.2. The van der Waals surface area contributed by atoms with Gasteiger partial charge in [-0.3, -0.25) is 9.47 Å². The fraction of sp³-hybridized carbons (Fsp3) is 0.375. The average molecular weight is 418 g/mol. The van der Waals surface area contributed by atoms with Crippen LogP contribution in [0.1, 0.15) is 36.9 Å². The molecule has 7 heteroatoms. The van der Waals surface area contributed by atoms with E-state index in [-0.39, 0.29) is 0 Å². The van der Waals surface area contributed by atoms with Crippen molar-refractivity contribution in [3.63, 3.8) is 0 Å². The highest BCUT2D eigenvalue weighted by Gasteiger charge is 2.23. The molecule has 3 aromatic rings. The summed E-state index contributed by atoms with van der Waals surface area (Å²) in [7, 11) is 0. The zero-order valence-electron chi connectivity index (χ0n) is 18.1. The van der Waals surface area contributed by atoms with Gasteiger partial charge in [0.15, 0.2) is 5.96 Å². The Morgan fingerprint density at radius 1 is 1.10 bits per heavy atom. The zero-order chi connectivity index (χ0) is 21.3. The third-order valence-electron chi connectivity index (χ3n) is 5.57. The van der Waals surface area contributed by atoms with Crippen LogP contribution in [0.15, 0.2) is 72.4 Å². The summed E-state index contributed by atoms with van der Waals surface area (Å²) >= 11 is 0. The first-order valence-corrected chi connectivity index (χ1v) is 11.1. The topological polar surface area (TPSA) is 70.4 Å². The number of imidazole rings is 1. The summed E-state index contributed by atoms with van der Waals surface area (Å²) in [6.45, 7) is 6.63. The molecule has 1 unspecified atom stereocenters. The molecule has 1 atom stereocenters. The average Bonchev–Trinajstić information content (AvgIpc) is 3.53. The van der Waals surface area contributed by atoms with Crippen LogP contribution in [0.3, 0.4) is 0 Å². The van der Waals surface area contributed by atoms with Gasteiger partial charge < -0.3 is 10.6 Å². The molecule has 4 rings (SSSR count). The minimum atomic E-state index is 0.351. The molecule has 0 spiro atoms. The highest BCUT2D eigenvalue weighted by molar-refractivity contribution is 5.79. The van der Waals surface area contributed by atoms with Crippen LogP contribution in [-0.4, -0.2) is 51.6 Å². The smallest absolute Gasteiger partial charge is 0.191 e. The number of pyridine rings is 1. The molecule has 162 valence electrons. The molecule has 0 bridgehead atoms. The molecule has 3 heterocycles. The van der Waals surface area contributed by atoms with Gasteiger partial charge in [0.25, 0.3) is 0 Å². The number of nitrogens with one attached hydrogen (secondary N) is 2. The predicted octanol–water partition coefficient (Wildman–Crippen LogP) is 3.16. The lowest BCUT2D eigenvalue weighted by Crippen LogP contribution is -2.42. The van der Waals surface area contributed by atoms with E-state index in [0.29, 0.717) is 12.6 Å². The number of aromatic nitrogens is 3. The van der Waals surface area contributed by atoms with E-state index in [4.69, 9.17) is 4.99 Å². The van der Waals surface area contributed by atoms with Gasteiger partial charge in [0, 0.05) is 31.7 Å². The van der Waals surface area contributed by atoms with Crippen molar-refractivity contribution in [1.82, 2.24) is 30.1 Å². The van der Waals surface area contributed by atoms with E-state index in [1.54, 1.807) is 12.5 Å². The molecule has 1 fully saturated rings. The van der Waals surface area contributed by atoms with Gasteiger partial charge in [-0.1, -0.05) is 36.4 Å². The van der Waals surface area contributed by atoms with Crippen LogP contribution < -0.4 is 10.6 Å². The van der Waals surface area contributed by atoms with E-state index >= 15 is 0 Å². The number of rotatable bonds is 8. The molecule has 0 radical (unpaired) electrons.